The van der Waals surface area contributed by atoms with E-state index in [2.05, 4.69) is 47.5 Å². The molecule has 1 amide bonds. The van der Waals surface area contributed by atoms with Crippen molar-refractivity contribution in [3.05, 3.63) is 65.2 Å². The third-order valence-electron chi connectivity index (χ3n) is 8.06. The van der Waals surface area contributed by atoms with Crippen LogP contribution in [0.1, 0.15) is 54.6 Å². The molecule has 2 heterocycles. The Labute approximate surface area is 243 Å². The molecule has 2 aliphatic rings. The highest BCUT2D eigenvalue weighted by Gasteiger charge is 2.41. The monoisotopic (exact) mass is 577 g/mol. The van der Waals surface area contributed by atoms with E-state index in [1.54, 1.807) is 18.2 Å². The summed E-state index contributed by atoms with van der Waals surface area (Å²) in [5, 5.41) is 0. The molecule has 1 atom stereocenters. The van der Waals surface area contributed by atoms with Crippen molar-refractivity contribution in [3.63, 3.8) is 0 Å². The summed E-state index contributed by atoms with van der Waals surface area (Å²) in [6.07, 6.45) is 2.43. The predicted octanol–water partition coefficient (Wildman–Crippen LogP) is 4.90. The fraction of sp³-hybridized carbons (Fsp3) is 0.452. The molecule has 0 unspecified atom stereocenters. The first-order valence-corrected chi connectivity index (χ1v) is 15.6. The Morgan fingerprint density at radius 2 is 1.73 bits per heavy atom. The zero-order chi connectivity index (χ0) is 29.5. The highest BCUT2D eigenvalue weighted by atomic mass is 32.2. The van der Waals surface area contributed by atoms with Gasteiger partial charge in [0, 0.05) is 29.3 Å². The smallest absolute Gasteiger partial charge is 0.264 e. The van der Waals surface area contributed by atoms with Crippen LogP contribution in [0.15, 0.2) is 53.4 Å². The quantitative estimate of drug-likeness (QED) is 0.460. The van der Waals surface area contributed by atoms with Gasteiger partial charge in [-0.25, -0.2) is 18.1 Å². The van der Waals surface area contributed by atoms with Crippen molar-refractivity contribution in [1.29, 1.82) is 0 Å². The molecule has 9 nitrogen and oxygen atoms in total. The molecular weight excluding hydrogens is 538 g/mol. The lowest BCUT2D eigenvalue weighted by Crippen LogP contribution is -2.58. The number of hydrogen-bond acceptors (Lipinski definition) is 7. The average Bonchev–Trinajstić information content (AvgIpc) is 2.87. The molecule has 5 rings (SSSR count). The maximum Gasteiger partial charge on any atom is 0.264 e. The van der Waals surface area contributed by atoms with Gasteiger partial charge in [0.15, 0.2) is 0 Å². The Hall–Kier alpha value is -3.50. The molecule has 3 aromatic rings. The van der Waals surface area contributed by atoms with E-state index in [1.165, 1.54) is 12.1 Å². The number of rotatable bonds is 5. The largest absolute Gasteiger partial charge is 0.475 e. The zero-order valence-corrected chi connectivity index (χ0v) is 25.4. The van der Waals surface area contributed by atoms with Gasteiger partial charge in [-0.15, -0.1) is 0 Å². The normalized spacial score (nSPS) is 22.2. The fourth-order valence-corrected chi connectivity index (χ4v) is 6.83. The summed E-state index contributed by atoms with van der Waals surface area (Å²) < 4.78 is 35.9. The minimum Gasteiger partial charge on any atom is -0.475 e. The second kappa shape index (κ2) is 11.4. The molecule has 2 aromatic carbocycles. The Kier molecular flexibility index (Phi) is 8.07. The number of anilines is 1. The SMILES string of the molecule is Cc1cccc(C)c1-c1cc2nc(n1)NS(=O)(=O)c1cccc(c1)C(=O)N(C1CC(N(C)C)C1)[C@H](CC(C)C)CO2. The number of hydrogen-bond donors (Lipinski definition) is 1. The number of carbonyl (C=O) groups is 1. The molecule has 1 aromatic heterocycles. The van der Waals surface area contributed by atoms with Crippen molar-refractivity contribution in [2.45, 2.75) is 70.0 Å². The van der Waals surface area contributed by atoms with Gasteiger partial charge in [0.25, 0.3) is 15.9 Å². The van der Waals surface area contributed by atoms with Gasteiger partial charge in [-0.1, -0.05) is 38.1 Å². The summed E-state index contributed by atoms with van der Waals surface area (Å²) in [5.41, 5.74) is 3.80. The first-order chi connectivity index (χ1) is 19.4. The van der Waals surface area contributed by atoms with Gasteiger partial charge in [0.2, 0.25) is 11.8 Å². The van der Waals surface area contributed by atoms with E-state index in [-0.39, 0.29) is 41.3 Å². The summed E-state index contributed by atoms with van der Waals surface area (Å²) in [7, 11) is 0.0180. The number of benzene rings is 2. The third-order valence-corrected chi connectivity index (χ3v) is 9.39. The summed E-state index contributed by atoms with van der Waals surface area (Å²) in [6, 6.07) is 14.1. The molecule has 1 aliphatic heterocycles. The van der Waals surface area contributed by atoms with Crippen LogP contribution in [0.4, 0.5) is 5.95 Å². The van der Waals surface area contributed by atoms with Crippen LogP contribution < -0.4 is 9.46 Å². The van der Waals surface area contributed by atoms with Gasteiger partial charge in [-0.3, -0.25) is 4.79 Å². The molecule has 1 aliphatic carbocycles. The van der Waals surface area contributed by atoms with Crippen LogP contribution >= 0.6 is 0 Å². The van der Waals surface area contributed by atoms with Crippen molar-refractivity contribution in [2.24, 2.45) is 5.92 Å². The van der Waals surface area contributed by atoms with Crippen molar-refractivity contribution in [3.8, 4) is 17.1 Å². The highest BCUT2D eigenvalue weighted by molar-refractivity contribution is 7.92. The summed E-state index contributed by atoms with van der Waals surface area (Å²) in [4.78, 5) is 27.3. The molecule has 0 radical (unpaired) electrons. The molecular formula is C31H39N5O4S. The van der Waals surface area contributed by atoms with Crippen LogP contribution in [0, 0.1) is 19.8 Å². The number of nitrogens with zero attached hydrogens (tertiary/aromatic N) is 4. The fourth-order valence-electron chi connectivity index (χ4n) is 5.84. The Bertz CT molecular complexity index is 1530. The first-order valence-electron chi connectivity index (χ1n) is 14.1. The van der Waals surface area contributed by atoms with Crippen LogP contribution in [0.2, 0.25) is 0 Å². The Balaban J connectivity index is 1.64. The van der Waals surface area contributed by atoms with E-state index in [4.69, 9.17) is 4.74 Å². The number of amides is 1. The van der Waals surface area contributed by atoms with Crippen molar-refractivity contribution in [2.75, 3.05) is 25.4 Å². The lowest BCUT2D eigenvalue weighted by molar-refractivity contribution is 0.00695. The second-order valence-corrected chi connectivity index (χ2v) is 13.5. The molecule has 1 saturated carbocycles. The molecule has 1 N–H and O–H groups in total. The Morgan fingerprint density at radius 1 is 1.05 bits per heavy atom. The van der Waals surface area contributed by atoms with Gasteiger partial charge in [-0.05, 0) is 82.4 Å². The number of fused-ring (bicyclic) bond motifs is 4. The predicted molar refractivity (Wildman–Crippen MR) is 160 cm³/mol. The van der Waals surface area contributed by atoms with Crippen molar-refractivity contribution < 1.29 is 17.9 Å². The van der Waals surface area contributed by atoms with Crippen molar-refractivity contribution in [1.82, 2.24) is 19.8 Å². The summed E-state index contributed by atoms with van der Waals surface area (Å²) >= 11 is 0. The molecule has 0 spiro atoms. The van der Waals surface area contributed by atoms with Crippen LogP contribution in [-0.2, 0) is 10.0 Å². The second-order valence-electron chi connectivity index (χ2n) is 11.9. The molecule has 10 heteroatoms. The molecule has 0 saturated heterocycles. The van der Waals surface area contributed by atoms with Gasteiger partial charge < -0.3 is 14.5 Å². The lowest BCUT2D eigenvalue weighted by atomic mass is 9.82. The van der Waals surface area contributed by atoms with Crippen LogP contribution in [0.25, 0.3) is 11.3 Å². The number of aromatic nitrogens is 2. The summed E-state index contributed by atoms with van der Waals surface area (Å²) in [5.74, 6) is 0.286. The van der Waals surface area contributed by atoms with Crippen LogP contribution in [-0.4, -0.2) is 72.9 Å². The topological polar surface area (TPSA) is 105 Å². The zero-order valence-electron chi connectivity index (χ0n) is 24.6. The third kappa shape index (κ3) is 6.08. The van der Waals surface area contributed by atoms with Crippen LogP contribution in [0.5, 0.6) is 5.88 Å². The maximum atomic E-state index is 14.1. The lowest BCUT2D eigenvalue weighted by Gasteiger charge is -2.48. The average molecular weight is 578 g/mol. The van der Waals surface area contributed by atoms with Crippen molar-refractivity contribution >= 4 is 21.9 Å². The van der Waals surface area contributed by atoms with E-state index in [0.717, 1.165) is 36.0 Å². The summed E-state index contributed by atoms with van der Waals surface area (Å²) in [6.45, 7) is 8.47. The number of aryl methyl sites for hydroxylation is 2. The van der Waals surface area contributed by atoms with E-state index >= 15 is 0 Å². The van der Waals surface area contributed by atoms with E-state index in [9.17, 15) is 13.2 Å². The molecule has 1 fully saturated rings. The van der Waals surface area contributed by atoms with E-state index in [1.807, 2.05) is 36.9 Å². The minimum absolute atomic E-state index is 0.0220. The van der Waals surface area contributed by atoms with Crippen LogP contribution in [0.3, 0.4) is 0 Å². The first kappa shape index (κ1) is 29.0. The molecule has 41 heavy (non-hydrogen) atoms. The molecule has 218 valence electrons. The van der Waals surface area contributed by atoms with Gasteiger partial charge in [0.1, 0.15) is 6.61 Å². The molecule has 4 bridgehead atoms. The number of sulfonamides is 1. The van der Waals surface area contributed by atoms with E-state index in [0.29, 0.717) is 23.2 Å². The standard InChI is InChI=1S/C31H39N5O4S/c1-19(2)13-25-18-40-28-17-27(29-20(3)9-7-10-21(29)4)32-31(33-28)34-41(38,39)26-12-8-11-22(14-26)30(37)36(25)24-15-23(16-24)35(5)6/h7-12,14,17,19,23-25H,13,15-16,18H2,1-6H3,(H,32,33,34)/t23?,24?,25-/m1/s1. The Morgan fingerprint density at radius 3 is 2.39 bits per heavy atom. The maximum absolute atomic E-state index is 14.1. The van der Waals surface area contributed by atoms with Gasteiger partial charge in [-0.2, -0.15) is 4.98 Å². The number of carbonyl (C=O) groups excluding carboxylic acids is 1. The van der Waals surface area contributed by atoms with Gasteiger partial charge in [0.05, 0.1) is 16.6 Å². The van der Waals surface area contributed by atoms with Gasteiger partial charge >= 0.3 is 0 Å². The minimum atomic E-state index is -4.09. The van der Waals surface area contributed by atoms with E-state index < -0.39 is 10.0 Å². The number of ether oxygens (including phenoxy) is 1. The highest BCUT2D eigenvalue weighted by Crippen LogP contribution is 2.34. The number of nitrogens with one attached hydrogen (secondary N) is 1.